The summed E-state index contributed by atoms with van der Waals surface area (Å²) in [5, 5.41) is 2.56. The van der Waals surface area contributed by atoms with E-state index in [9.17, 15) is 23.2 Å². The molecule has 0 fully saturated rings. The van der Waals surface area contributed by atoms with Crippen LogP contribution in [0.15, 0.2) is 71.7 Å². The van der Waals surface area contributed by atoms with Crippen LogP contribution < -0.4 is 15.5 Å². The van der Waals surface area contributed by atoms with E-state index in [4.69, 9.17) is 9.47 Å². The van der Waals surface area contributed by atoms with Gasteiger partial charge in [-0.15, -0.1) is 0 Å². The minimum absolute atomic E-state index is 0.00232. The second kappa shape index (κ2) is 13.4. The van der Waals surface area contributed by atoms with Crippen LogP contribution in [0.2, 0.25) is 0 Å². The summed E-state index contributed by atoms with van der Waals surface area (Å²) in [6, 6.07) is 11.6. The normalized spacial score (nSPS) is 18.2. The van der Waals surface area contributed by atoms with Gasteiger partial charge in [-0.1, -0.05) is 69.3 Å². The van der Waals surface area contributed by atoms with Crippen LogP contribution in [-0.4, -0.2) is 63.7 Å². The first-order valence-corrected chi connectivity index (χ1v) is 17.8. The number of carbonyl (C=O) groups excluding carboxylic acids is 2. The van der Waals surface area contributed by atoms with Crippen LogP contribution in [0.1, 0.15) is 65.2 Å². The molecule has 8 nitrogen and oxygen atoms in total. The molecule has 2 bridgehead atoms. The van der Waals surface area contributed by atoms with Crippen molar-refractivity contribution in [2.45, 2.75) is 57.2 Å². The molecule has 2 aliphatic rings. The Labute approximate surface area is 269 Å². The highest BCUT2D eigenvalue weighted by molar-refractivity contribution is 8.33. The van der Waals surface area contributed by atoms with Crippen molar-refractivity contribution in [2.24, 2.45) is 0 Å². The first kappa shape index (κ1) is 33.4. The number of fused-ring (bicyclic) bond motifs is 4. The molecule has 2 aliphatic heterocycles. The third kappa shape index (κ3) is 7.05. The molecule has 5 rings (SSSR count). The highest BCUT2D eigenvalue weighted by Crippen LogP contribution is 2.52. The van der Waals surface area contributed by atoms with Crippen LogP contribution in [0.25, 0.3) is 0 Å². The summed E-state index contributed by atoms with van der Waals surface area (Å²) in [6.45, 7) is 7.02. The molecule has 0 aliphatic carbocycles. The maximum atomic E-state index is 14.2. The van der Waals surface area contributed by atoms with Gasteiger partial charge in [0.15, 0.2) is 11.4 Å². The SMILES string of the molecule is CC(C)(C)S(C)(C)COC[C@H]1C=CC[C@H]2CN1C(=O)c1c(OCc3ccccc3)c(=O)c(C(=O)NCc3ccc(F)cc3F)cn12. The second-order valence-electron chi connectivity index (χ2n) is 13.1. The van der Waals surface area contributed by atoms with Gasteiger partial charge in [0.25, 0.3) is 11.8 Å². The van der Waals surface area contributed by atoms with Gasteiger partial charge in [-0.05, 0) is 35.3 Å². The fraction of sp³-hybridized carbons (Fsp3) is 0.400. The van der Waals surface area contributed by atoms with E-state index in [2.05, 4.69) is 38.6 Å². The van der Waals surface area contributed by atoms with Gasteiger partial charge in [0, 0.05) is 30.9 Å². The van der Waals surface area contributed by atoms with Crippen LogP contribution in [0.4, 0.5) is 8.78 Å². The van der Waals surface area contributed by atoms with Crippen LogP contribution in [0.5, 0.6) is 5.75 Å². The number of rotatable bonds is 10. The van der Waals surface area contributed by atoms with E-state index in [1.807, 2.05) is 42.5 Å². The Kier molecular flexibility index (Phi) is 9.74. The van der Waals surface area contributed by atoms with Crippen molar-refractivity contribution >= 4 is 21.8 Å². The Morgan fingerprint density at radius 1 is 1.09 bits per heavy atom. The lowest BCUT2D eigenvalue weighted by atomic mass is 10.1. The lowest BCUT2D eigenvalue weighted by molar-refractivity contribution is 0.0487. The average Bonchev–Trinajstić information content (AvgIpc) is 3.19. The largest absolute Gasteiger partial charge is 0.483 e. The molecule has 3 aromatic rings. The quantitative estimate of drug-likeness (QED) is 0.280. The fourth-order valence-electron chi connectivity index (χ4n) is 5.27. The number of aromatic nitrogens is 1. The molecule has 2 aromatic carbocycles. The number of hydrogen-bond acceptors (Lipinski definition) is 5. The Bertz CT molecular complexity index is 1700. The summed E-state index contributed by atoms with van der Waals surface area (Å²) in [5.41, 5.74) is -0.0681. The summed E-state index contributed by atoms with van der Waals surface area (Å²) in [6.07, 6.45) is 10.4. The van der Waals surface area contributed by atoms with E-state index in [0.29, 0.717) is 25.5 Å². The van der Waals surface area contributed by atoms with Gasteiger partial charge in [-0.3, -0.25) is 14.4 Å². The van der Waals surface area contributed by atoms with Crippen LogP contribution in [0, 0.1) is 11.6 Å². The molecule has 0 radical (unpaired) electrons. The first-order valence-electron chi connectivity index (χ1n) is 15.2. The van der Waals surface area contributed by atoms with Crippen molar-refractivity contribution in [3.63, 3.8) is 0 Å². The smallest absolute Gasteiger partial charge is 0.275 e. The number of pyridine rings is 1. The van der Waals surface area contributed by atoms with Crippen molar-refractivity contribution in [3.8, 4) is 5.75 Å². The maximum Gasteiger partial charge on any atom is 0.275 e. The highest BCUT2D eigenvalue weighted by atomic mass is 32.3. The number of carbonyl (C=O) groups is 2. The lowest BCUT2D eigenvalue weighted by Crippen LogP contribution is -2.50. The summed E-state index contributed by atoms with van der Waals surface area (Å²) in [4.78, 5) is 43.2. The van der Waals surface area contributed by atoms with Crippen molar-refractivity contribution in [2.75, 3.05) is 31.6 Å². The molecule has 46 heavy (non-hydrogen) atoms. The fourth-order valence-corrected chi connectivity index (χ4v) is 6.14. The summed E-state index contributed by atoms with van der Waals surface area (Å²) >= 11 is 0. The summed E-state index contributed by atoms with van der Waals surface area (Å²) in [7, 11) is -1.07. The van der Waals surface area contributed by atoms with Gasteiger partial charge in [-0.2, -0.15) is 0 Å². The van der Waals surface area contributed by atoms with Gasteiger partial charge in [0.05, 0.1) is 24.6 Å². The van der Waals surface area contributed by atoms with Crippen molar-refractivity contribution < 1.29 is 27.8 Å². The Balaban J connectivity index is 1.46. The molecule has 11 heteroatoms. The number of ether oxygens (including phenoxy) is 2. The number of hydrogen-bond donors (Lipinski definition) is 1. The van der Waals surface area contributed by atoms with Gasteiger partial charge in [0.1, 0.15) is 23.8 Å². The molecule has 246 valence electrons. The molecule has 1 N–H and O–H groups in total. The predicted octanol–water partition coefficient (Wildman–Crippen LogP) is 5.80. The summed E-state index contributed by atoms with van der Waals surface area (Å²) in [5.74, 6) is -2.33. The molecule has 2 amide bonds. The molecule has 3 heterocycles. The number of nitrogens with one attached hydrogen (secondary N) is 1. The maximum absolute atomic E-state index is 14.2. The Hall–Kier alpha value is -3.96. The third-order valence-electron chi connectivity index (χ3n) is 8.87. The summed E-state index contributed by atoms with van der Waals surface area (Å²) < 4.78 is 41.7. The number of nitrogens with zero attached hydrogens (tertiary/aromatic N) is 2. The van der Waals surface area contributed by atoms with E-state index in [0.717, 1.165) is 17.7 Å². The highest BCUT2D eigenvalue weighted by Gasteiger charge is 2.40. The van der Waals surface area contributed by atoms with Crippen molar-refractivity contribution in [1.29, 1.82) is 0 Å². The zero-order valence-corrected chi connectivity index (χ0v) is 27.7. The minimum Gasteiger partial charge on any atom is -0.483 e. The molecule has 0 spiro atoms. The molecular formula is C35H41F2N3O5S. The standard InChI is InChI=1S/C35H41F2N3O5S/c1-35(2,3)46(4,5)22-44-21-27-13-9-12-26-18-40(27)34(43)30-32(45-20-23-10-7-6-8-11-23)31(41)28(19-39(26)30)33(42)38-17-24-14-15-25(36)16-29(24)37/h6-11,13-16,19,26-27H,12,17-18,20-22H2,1-5H3,(H,38,42)/t26-,27+/m0/s1. The monoisotopic (exact) mass is 653 g/mol. The minimum atomic E-state index is -1.07. The number of benzene rings is 2. The van der Waals surface area contributed by atoms with Gasteiger partial charge in [-0.25, -0.2) is 18.8 Å². The van der Waals surface area contributed by atoms with Crippen molar-refractivity contribution in [3.05, 3.63) is 111 Å². The van der Waals surface area contributed by atoms with Crippen LogP contribution in [0.3, 0.4) is 0 Å². The van der Waals surface area contributed by atoms with E-state index < -0.39 is 33.0 Å². The molecule has 0 saturated heterocycles. The van der Waals surface area contributed by atoms with Crippen LogP contribution in [-0.2, 0) is 17.9 Å². The lowest BCUT2D eigenvalue weighted by Gasteiger charge is -2.44. The van der Waals surface area contributed by atoms with E-state index >= 15 is 0 Å². The van der Waals surface area contributed by atoms with E-state index in [1.165, 1.54) is 12.3 Å². The molecule has 0 unspecified atom stereocenters. The third-order valence-corrected chi connectivity index (χ3v) is 12.9. The zero-order valence-electron chi connectivity index (χ0n) is 26.8. The zero-order chi connectivity index (χ0) is 33.2. The van der Waals surface area contributed by atoms with Crippen molar-refractivity contribution in [1.82, 2.24) is 14.8 Å². The van der Waals surface area contributed by atoms with Gasteiger partial charge in [0.2, 0.25) is 5.43 Å². The van der Waals surface area contributed by atoms with Gasteiger partial charge >= 0.3 is 0 Å². The molecule has 2 atom stereocenters. The van der Waals surface area contributed by atoms with E-state index in [1.54, 1.807) is 9.47 Å². The van der Waals surface area contributed by atoms with Gasteiger partial charge < -0.3 is 24.3 Å². The molecule has 1 aromatic heterocycles. The first-order chi connectivity index (χ1) is 21.8. The molecule has 0 saturated carbocycles. The predicted molar refractivity (Wildman–Crippen MR) is 177 cm³/mol. The topological polar surface area (TPSA) is 89.9 Å². The Morgan fingerprint density at radius 2 is 1.83 bits per heavy atom. The average molecular weight is 654 g/mol. The molecular weight excluding hydrogens is 612 g/mol. The number of amides is 2. The van der Waals surface area contributed by atoms with E-state index in [-0.39, 0.29) is 58.5 Å². The number of allylic oxidation sites excluding steroid dienone is 1. The Morgan fingerprint density at radius 3 is 2.52 bits per heavy atom. The number of halogens is 2. The van der Waals surface area contributed by atoms with Crippen LogP contribution >= 0.6 is 10.0 Å². The second-order valence-corrected chi connectivity index (χ2v) is 17.7.